The minimum Gasteiger partial charge on any atom is -0.493 e. The summed E-state index contributed by atoms with van der Waals surface area (Å²) in [5, 5.41) is 8.70. The highest BCUT2D eigenvalue weighted by atomic mass is 19.1. The fourth-order valence-electron chi connectivity index (χ4n) is 3.73. The van der Waals surface area contributed by atoms with Crippen molar-refractivity contribution in [1.82, 2.24) is 19.7 Å². The van der Waals surface area contributed by atoms with Gasteiger partial charge in [-0.25, -0.2) is 4.39 Å². The largest absolute Gasteiger partial charge is 0.493 e. The maximum atomic E-state index is 14.0. The maximum Gasteiger partial charge on any atom is 0.257 e. The molecule has 0 N–H and O–H groups in total. The number of aromatic nitrogens is 3. The van der Waals surface area contributed by atoms with Gasteiger partial charge in [-0.3, -0.25) is 4.79 Å². The molecule has 3 aromatic rings. The Kier molecular flexibility index (Phi) is 5.55. The second-order valence-corrected chi connectivity index (χ2v) is 7.03. The molecule has 1 aromatic heterocycles. The van der Waals surface area contributed by atoms with E-state index in [0.717, 1.165) is 24.5 Å². The number of hydrogen-bond acceptors (Lipinski definition) is 4. The molecule has 0 aliphatic carbocycles. The van der Waals surface area contributed by atoms with E-state index in [0.29, 0.717) is 26.1 Å². The molecule has 4 rings (SSSR count). The van der Waals surface area contributed by atoms with Crippen LogP contribution >= 0.6 is 0 Å². The van der Waals surface area contributed by atoms with E-state index >= 15 is 0 Å². The van der Waals surface area contributed by atoms with Gasteiger partial charge in [-0.05, 0) is 24.1 Å². The SMILES string of the molecule is COc1c(F)cccc1C(=O)N1CCc2nnc(CCc3ccccc3)n2CC1. The molecule has 0 fully saturated rings. The molecule has 0 saturated carbocycles. The third-order valence-corrected chi connectivity index (χ3v) is 5.27. The molecule has 0 bridgehead atoms. The van der Waals surface area contributed by atoms with E-state index in [9.17, 15) is 9.18 Å². The number of methoxy groups -OCH3 is 1. The van der Waals surface area contributed by atoms with Gasteiger partial charge in [0.25, 0.3) is 5.91 Å². The number of benzene rings is 2. The predicted molar refractivity (Wildman–Crippen MR) is 106 cm³/mol. The van der Waals surface area contributed by atoms with Crippen LogP contribution in [-0.2, 0) is 25.8 Å². The number of halogens is 1. The molecule has 1 amide bonds. The first kappa shape index (κ1) is 19.1. The summed E-state index contributed by atoms with van der Waals surface area (Å²) in [7, 11) is 1.37. The van der Waals surface area contributed by atoms with Crippen molar-refractivity contribution in [3.8, 4) is 5.75 Å². The van der Waals surface area contributed by atoms with Crippen LogP contribution < -0.4 is 4.74 Å². The second-order valence-electron chi connectivity index (χ2n) is 7.03. The van der Waals surface area contributed by atoms with Crippen molar-refractivity contribution >= 4 is 5.91 Å². The lowest BCUT2D eigenvalue weighted by Crippen LogP contribution is -2.34. The van der Waals surface area contributed by atoms with Crippen molar-refractivity contribution in [3.63, 3.8) is 0 Å². The smallest absolute Gasteiger partial charge is 0.257 e. The number of fused-ring (bicyclic) bond motifs is 1. The van der Waals surface area contributed by atoms with Crippen molar-refractivity contribution in [2.75, 3.05) is 20.2 Å². The average molecular weight is 394 g/mol. The van der Waals surface area contributed by atoms with Crippen LogP contribution in [0.25, 0.3) is 0 Å². The topological polar surface area (TPSA) is 60.2 Å². The number of nitrogens with zero attached hydrogens (tertiary/aromatic N) is 4. The molecule has 0 unspecified atom stereocenters. The quantitative estimate of drug-likeness (QED) is 0.668. The number of carbonyl (C=O) groups excluding carboxylic acids is 1. The summed E-state index contributed by atoms with van der Waals surface area (Å²) in [4.78, 5) is 14.7. The summed E-state index contributed by atoms with van der Waals surface area (Å²) >= 11 is 0. The van der Waals surface area contributed by atoms with E-state index in [4.69, 9.17) is 4.74 Å². The average Bonchev–Trinajstić information content (AvgIpc) is 3.01. The normalized spacial score (nSPS) is 13.7. The number of rotatable bonds is 5. The standard InChI is InChI=1S/C22H23FN4O2/c1-29-21-17(8-5-9-18(21)23)22(28)26-13-12-20-25-24-19(27(20)15-14-26)11-10-16-6-3-2-4-7-16/h2-9H,10-15H2,1H3. The Labute approximate surface area is 168 Å². The van der Waals surface area contributed by atoms with E-state index in [1.807, 2.05) is 18.2 Å². The summed E-state index contributed by atoms with van der Waals surface area (Å²) < 4.78 is 21.2. The van der Waals surface area contributed by atoms with Crippen molar-refractivity contribution < 1.29 is 13.9 Å². The Morgan fingerprint density at radius 2 is 1.86 bits per heavy atom. The highest BCUT2D eigenvalue weighted by molar-refractivity contribution is 5.97. The van der Waals surface area contributed by atoms with Crippen molar-refractivity contribution in [3.05, 3.63) is 77.1 Å². The van der Waals surface area contributed by atoms with Gasteiger partial charge < -0.3 is 14.2 Å². The van der Waals surface area contributed by atoms with Gasteiger partial charge in [0.1, 0.15) is 11.6 Å². The van der Waals surface area contributed by atoms with Gasteiger partial charge in [0.05, 0.1) is 12.7 Å². The first-order valence-corrected chi connectivity index (χ1v) is 9.74. The van der Waals surface area contributed by atoms with Crippen molar-refractivity contribution in [2.45, 2.75) is 25.8 Å². The lowest BCUT2D eigenvalue weighted by atomic mass is 10.1. The van der Waals surface area contributed by atoms with E-state index < -0.39 is 5.82 Å². The summed E-state index contributed by atoms with van der Waals surface area (Å²) in [6.07, 6.45) is 2.30. The molecule has 6 nitrogen and oxygen atoms in total. The van der Waals surface area contributed by atoms with E-state index in [-0.39, 0.29) is 17.2 Å². The van der Waals surface area contributed by atoms with Crippen LogP contribution in [0.2, 0.25) is 0 Å². The maximum absolute atomic E-state index is 14.0. The first-order chi connectivity index (χ1) is 14.2. The highest BCUT2D eigenvalue weighted by Gasteiger charge is 2.25. The van der Waals surface area contributed by atoms with Crippen molar-refractivity contribution in [1.29, 1.82) is 0 Å². The zero-order chi connectivity index (χ0) is 20.2. The molecule has 1 aliphatic rings. The fourth-order valence-corrected chi connectivity index (χ4v) is 3.73. The fraction of sp³-hybridized carbons (Fsp3) is 0.318. The molecular weight excluding hydrogens is 371 g/mol. The molecule has 1 aliphatic heterocycles. The Bertz CT molecular complexity index is 1000. The van der Waals surface area contributed by atoms with Gasteiger partial charge in [0, 0.05) is 32.5 Å². The molecule has 2 aromatic carbocycles. The monoisotopic (exact) mass is 394 g/mol. The van der Waals surface area contributed by atoms with Gasteiger partial charge in [0.15, 0.2) is 11.6 Å². The van der Waals surface area contributed by atoms with Crippen LogP contribution in [-0.4, -0.2) is 45.8 Å². The highest BCUT2D eigenvalue weighted by Crippen LogP contribution is 2.24. The predicted octanol–water partition coefficient (Wildman–Crippen LogP) is 2.91. The summed E-state index contributed by atoms with van der Waals surface area (Å²) in [6, 6.07) is 14.7. The lowest BCUT2D eigenvalue weighted by Gasteiger charge is -2.21. The molecule has 2 heterocycles. The zero-order valence-electron chi connectivity index (χ0n) is 16.3. The lowest BCUT2D eigenvalue weighted by molar-refractivity contribution is 0.0754. The zero-order valence-corrected chi connectivity index (χ0v) is 16.3. The first-order valence-electron chi connectivity index (χ1n) is 9.74. The summed E-state index contributed by atoms with van der Waals surface area (Å²) in [6.45, 7) is 1.65. The molecule has 0 spiro atoms. The number of amides is 1. The van der Waals surface area contributed by atoms with Gasteiger partial charge in [-0.15, -0.1) is 10.2 Å². The number of para-hydroxylation sites is 1. The Balaban J connectivity index is 1.47. The van der Waals surface area contributed by atoms with Gasteiger partial charge in [-0.1, -0.05) is 36.4 Å². The minimum absolute atomic E-state index is 0.00954. The van der Waals surface area contributed by atoms with E-state index in [1.165, 1.54) is 24.8 Å². The number of carbonyl (C=O) groups is 1. The van der Waals surface area contributed by atoms with Gasteiger partial charge >= 0.3 is 0 Å². The molecule has 0 radical (unpaired) electrons. The Hall–Kier alpha value is -3.22. The van der Waals surface area contributed by atoms with E-state index in [2.05, 4.69) is 26.9 Å². The Morgan fingerprint density at radius 3 is 2.66 bits per heavy atom. The van der Waals surface area contributed by atoms with Gasteiger partial charge in [0.2, 0.25) is 0 Å². The van der Waals surface area contributed by atoms with Gasteiger partial charge in [-0.2, -0.15) is 0 Å². The number of ether oxygens (including phenoxy) is 1. The number of aryl methyl sites for hydroxylation is 2. The van der Waals surface area contributed by atoms with Crippen LogP contribution in [0, 0.1) is 5.82 Å². The molecular formula is C22H23FN4O2. The third-order valence-electron chi connectivity index (χ3n) is 5.27. The molecule has 29 heavy (non-hydrogen) atoms. The van der Waals surface area contributed by atoms with Crippen LogP contribution in [0.15, 0.2) is 48.5 Å². The van der Waals surface area contributed by atoms with Crippen LogP contribution in [0.5, 0.6) is 5.75 Å². The summed E-state index contributed by atoms with van der Waals surface area (Å²) in [5.74, 6) is 1.04. The van der Waals surface area contributed by atoms with E-state index in [1.54, 1.807) is 11.0 Å². The van der Waals surface area contributed by atoms with Crippen LogP contribution in [0.4, 0.5) is 4.39 Å². The van der Waals surface area contributed by atoms with Crippen LogP contribution in [0.3, 0.4) is 0 Å². The third kappa shape index (κ3) is 3.99. The van der Waals surface area contributed by atoms with Crippen LogP contribution in [0.1, 0.15) is 27.6 Å². The molecule has 0 saturated heterocycles. The molecule has 150 valence electrons. The summed E-state index contributed by atoms with van der Waals surface area (Å²) in [5.41, 5.74) is 1.50. The molecule has 0 atom stereocenters. The second kappa shape index (κ2) is 8.43. The van der Waals surface area contributed by atoms with Crippen molar-refractivity contribution in [2.24, 2.45) is 0 Å². The Morgan fingerprint density at radius 1 is 1.03 bits per heavy atom. The molecule has 7 heteroatoms. The number of hydrogen-bond donors (Lipinski definition) is 0. The minimum atomic E-state index is -0.534.